The zero-order chi connectivity index (χ0) is 23.0. The molecule has 3 rings (SSSR count). The van der Waals surface area contributed by atoms with E-state index in [0.717, 1.165) is 0 Å². The van der Waals surface area contributed by atoms with Crippen molar-refractivity contribution in [2.75, 3.05) is 6.61 Å². The van der Waals surface area contributed by atoms with Crippen molar-refractivity contribution in [2.45, 2.75) is 48.0 Å². The molecule has 0 aliphatic heterocycles. The summed E-state index contributed by atoms with van der Waals surface area (Å²) < 4.78 is 11.1. The summed E-state index contributed by atoms with van der Waals surface area (Å²) in [5, 5.41) is 0. The highest BCUT2D eigenvalue weighted by molar-refractivity contribution is 7.97. The molecular weight excluding hydrogens is 416 g/mol. The van der Waals surface area contributed by atoms with Crippen LogP contribution in [0.4, 0.5) is 0 Å². The van der Waals surface area contributed by atoms with Crippen molar-refractivity contribution in [3.63, 3.8) is 0 Å². The van der Waals surface area contributed by atoms with Crippen LogP contribution in [-0.4, -0.2) is 18.2 Å². The van der Waals surface area contributed by atoms with Gasteiger partial charge in [0.1, 0.15) is 5.75 Å². The lowest BCUT2D eigenvalue weighted by Crippen LogP contribution is -2.29. The largest absolute Gasteiger partial charge is 0.482 e. The first-order chi connectivity index (χ1) is 15.3. The van der Waals surface area contributed by atoms with Crippen molar-refractivity contribution in [3.05, 3.63) is 84.9 Å². The Kier molecular flexibility index (Phi) is 8.03. The molecule has 3 aromatic rings. The van der Waals surface area contributed by atoms with E-state index in [1.807, 2.05) is 38.1 Å². The molecule has 0 heterocycles. The van der Waals surface area contributed by atoms with E-state index < -0.39 is 11.6 Å². The molecule has 0 saturated heterocycles. The van der Waals surface area contributed by atoms with E-state index in [4.69, 9.17) is 9.47 Å². The average molecular weight is 446 g/mol. The van der Waals surface area contributed by atoms with Crippen LogP contribution in [0.5, 0.6) is 5.75 Å². The third-order valence-electron chi connectivity index (χ3n) is 4.40. The van der Waals surface area contributed by atoms with Crippen LogP contribution in [0, 0.1) is 17.8 Å². The van der Waals surface area contributed by atoms with Gasteiger partial charge in [-0.25, -0.2) is 4.79 Å². The highest BCUT2D eigenvalue weighted by Crippen LogP contribution is 2.31. The van der Waals surface area contributed by atoms with Crippen molar-refractivity contribution in [1.82, 2.24) is 0 Å². The quantitative estimate of drug-likeness (QED) is 0.249. The molecule has 0 N–H and O–H groups in total. The van der Waals surface area contributed by atoms with Gasteiger partial charge in [-0.1, -0.05) is 62.1 Å². The van der Waals surface area contributed by atoms with E-state index in [1.54, 1.807) is 13.8 Å². The maximum Gasteiger partial charge on any atom is 0.345 e. The lowest BCUT2D eigenvalue weighted by molar-refractivity contribution is -0.154. The smallest absolute Gasteiger partial charge is 0.345 e. The molecule has 0 atom stereocenters. The second kappa shape index (κ2) is 10.9. The zero-order valence-corrected chi connectivity index (χ0v) is 19.8. The van der Waals surface area contributed by atoms with E-state index in [0.29, 0.717) is 5.75 Å². The fourth-order valence-electron chi connectivity index (χ4n) is 2.99. The summed E-state index contributed by atoms with van der Waals surface area (Å²) >= 11 is 0. The molecule has 164 valence electrons. The van der Waals surface area contributed by atoms with Gasteiger partial charge < -0.3 is 9.47 Å². The molecule has 0 aliphatic carbocycles. The highest BCUT2D eigenvalue weighted by Gasteiger charge is 2.28. The minimum atomic E-state index is -0.839. The molecule has 0 amide bonds. The summed E-state index contributed by atoms with van der Waals surface area (Å²) in [5.74, 6) is 6.44. The van der Waals surface area contributed by atoms with E-state index in [9.17, 15) is 4.79 Å². The Hall–Kier alpha value is -3.16. The Morgan fingerprint density at radius 3 is 1.84 bits per heavy atom. The van der Waals surface area contributed by atoms with Gasteiger partial charge in [0.2, 0.25) is 0 Å². The van der Waals surface area contributed by atoms with Crippen LogP contribution >= 0.6 is 0 Å². The van der Waals surface area contributed by atoms with Gasteiger partial charge in [-0.2, -0.15) is 0 Å². The first-order valence-corrected chi connectivity index (χ1v) is 11.9. The van der Waals surface area contributed by atoms with Gasteiger partial charge in [0, 0.05) is 5.92 Å². The third kappa shape index (κ3) is 6.93. The van der Waals surface area contributed by atoms with E-state index in [1.165, 1.54) is 14.7 Å². The molecule has 3 nitrogen and oxygen atoms in total. The number of ether oxygens (including phenoxy) is 2. The molecule has 0 radical (unpaired) electrons. The highest BCUT2D eigenvalue weighted by atomic mass is 32.2. The molecule has 3 aromatic carbocycles. The minimum absolute atomic E-state index is 0.158. The second-order valence-electron chi connectivity index (χ2n) is 8.10. The maximum atomic E-state index is 12.2. The first kappa shape index (κ1) is 23.5. The SMILES string of the molecule is CC(C)C#CC(C)(C)OC(=O)COc1ccc([S+](c2ccccc2)c2ccccc2)cc1. The average Bonchev–Trinajstić information content (AvgIpc) is 2.79. The fraction of sp³-hybridized carbons (Fsp3) is 0.250. The lowest BCUT2D eigenvalue weighted by atomic mass is 10.1. The van der Waals surface area contributed by atoms with Gasteiger partial charge in [-0.05, 0) is 62.4 Å². The molecule has 0 fully saturated rings. The standard InChI is InChI=1S/C28H29O3S/c1-22(2)19-20-28(3,4)31-27(29)21-30-23-15-17-26(18-16-23)32(24-11-7-5-8-12-24)25-13-9-6-10-14-25/h5-18,22H,21H2,1-4H3/q+1. The van der Waals surface area contributed by atoms with Crippen LogP contribution in [0.15, 0.2) is 99.6 Å². The number of rotatable bonds is 7. The topological polar surface area (TPSA) is 35.5 Å². The van der Waals surface area contributed by atoms with Crippen molar-refractivity contribution in [2.24, 2.45) is 5.92 Å². The molecule has 0 aliphatic rings. The Labute approximate surface area is 194 Å². The number of esters is 1. The van der Waals surface area contributed by atoms with Crippen molar-refractivity contribution >= 4 is 16.9 Å². The second-order valence-corrected chi connectivity index (χ2v) is 10.1. The predicted octanol–water partition coefficient (Wildman–Crippen LogP) is 6.14. The monoisotopic (exact) mass is 445 g/mol. The van der Waals surface area contributed by atoms with Gasteiger partial charge in [0.25, 0.3) is 0 Å². The number of hydrogen-bond donors (Lipinski definition) is 0. The van der Waals surface area contributed by atoms with Crippen LogP contribution in [0.1, 0.15) is 27.7 Å². The Balaban J connectivity index is 1.69. The minimum Gasteiger partial charge on any atom is -0.482 e. The number of benzene rings is 3. The van der Waals surface area contributed by atoms with Gasteiger partial charge in [-0.15, -0.1) is 0 Å². The lowest BCUT2D eigenvalue weighted by Gasteiger charge is -2.19. The Morgan fingerprint density at radius 1 is 0.844 bits per heavy atom. The normalized spacial score (nSPS) is 11.1. The van der Waals surface area contributed by atoms with Gasteiger partial charge in [-0.3, -0.25) is 0 Å². The molecule has 0 unspecified atom stereocenters. The van der Waals surface area contributed by atoms with E-state index in [2.05, 4.69) is 72.5 Å². The number of hydrogen-bond acceptors (Lipinski definition) is 3. The number of carbonyl (C=O) groups excluding carboxylic acids is 1. The molecular formula is C28H29O3S+. The summed E-state index contributed by atoms with van der Waals surface area (Å²) in [6.45, 7) is 7.40. The molecule has 0 spiro atoms. The fourth-order valence-corrected chi connectivity index (χ4v) is 5.08. The van der Waals surface area contributed by atoms with Crippen molar-refractivity contribution in [3.8, 4) is 17.6 Å². The number of carbonyl (C=O) groups is 1. The predicted molar refractivity (Wildman–Crippen MR) is 130 cm³/mol. The van der Waals surface area contributed by atoms with E-state index >= 15 is 0 Å². The van der Waals surface area contributed by atoms with Crippen LogP contribution < -0.4 is 4.74 Å². The van der Waals surface area contributed by atoms with Gasteiger partial charge >= 0.3 is 5.97 Å². The van der Waals surface area contributed by atoms with Crippen LogP contribution in [0.3, 0.4) is 0 Å². The molecule has 4 heteroatoms. The van der Waals surface area contributed by atoms with Crippen molar-refractivity contribution < 1.29 is 14.3 Å². The Morgan fingerprint density at radius 2 is 1.34 bits per heavy atom. The van der Waals surface area contributed by atoms with Gasteiger partial charge in [0.05, 0.1) is 10.9 Å². The first-order valence-electron chi connectivity index (χ1n) is 10.7. The van der Waals surface area contributed by atoms with Crippen LogP contribution in [0.25, 0.3) is 0 Å². The summed E-state index contributed by atoms with van der Waals surface area (Å²) in [6.07, 6.45) is 0. The maximum absolute atomic E-state index is 12.2. The van der Waals surface area contributed by atoms with Crippen LogP contribution in [-0.2, 0) is 20.4 Å². The Bertz CT molecular complexity index is 1020. The molecule has 0 aromatic heterocycles. The zero-order valence-electron chi connectivity index (χ0n) is 19.0. The van der Waals surface area contributed by atoms with Crippen molar-refractivity contribution in [1.29, 1.82) is 0 Å². The summed E-state index contributed by atoms with van der Waals surface area (Å²) in [4.78, 5) is 15.9. The molecule has 0 bridgehead atoms. The summed E-state index contributed by atoms with van der Waals surface area (Å²) in [6, 6.07) is 28.8. The third-order valence-corrected chi connectivity index (χ3v) is 6.64. The van der Waals surface area contributed by atoms with Crippen LogP contribution in [0.2, 0.25) is 0 Å². The summed E-state index contributed by atoms with van der Waals surface area (Å²) in [7, 11) is -0.218. The molecule has 32 heavy (non-hydrogen) atoms. The van der Waals surface area contributed by atoms with Gasteiger partial charge in [0.15, 0.2) is 26.9 Å². The summed E-state index contributed by atoms with van der Waals surface area (Å²) in [5.41, 5.74) is -0.839. The van der Waals surface area contributed by atoms with E-state index in [-0.39, 0.29) is 23.4 Å². The molecule has 0 saturated carbocycles.